The van der Waals surface area contributed by atoms with Crippen LogP contribution in [-0.2, 0) is 22.4 Å². The second kappa shape index (κ2) is 4.52. The molecule has 20 heavy (non-hydrogen) atoms. The number of aryl methyl sites for hydroxylation is 1. The maximum atomic E-state index is 12.6. The van der Waals surface area contributed by atoms with E-state index in [-0.39, 0.29) is 5.92 Å². The molecule has 1 aromatic rings. The first-order chi connectivity index (χ1) is 9.75. The van der Waals surface area contributed by atoms with Gasteiger partial charge in [-0.1, -0.05) is 0 Å². The molecule has 0 bridgehead atoms. The first-order valence-electron chi connectivity index (χ1n) is 7.41. The molecule has 1 amide bonds. The number of rotatable bonds is 1. The summed E-state index contributed by atoms with van der Waals surface area (Å²) >= 11 is 0. The SMILES string of the molecule is Cc1ncnc2c1CCN(C(=O)C1[C@H]3COC[C@@H]13)CC2. The van der Waals surface area contributed by atoms with E-state index in [1.165, 1.54) is 5.56 Å². The van der Waals surface area contributed by atoms with Crippen LogP contribution in [0.4, 0.5) is 0 Å². The molecule has 1 aliphatic carbocycles. The lowest BCUT2D eigenvalue weighted by molar-refractivity contribution is -0.133. The fourth-order valence-electron chi connectivity index (χ4n) is 3.73. The number of ether oxygens (including phenoxy) is 1. The smallest absolute Gasteiger partial charge is 0.226 e. The number of amides is 1. The van der Waals surface area contributed by atoms with Gasteiger partial charge in [0.1, 0.15) is 6.33 Å². The Morgan fingerprint density at radius 1 is 1.25 bits per heavy atom. The molecule has 1 aromatic heterocycles. The first-order valence-corrected chi connectivity index (χ1v) is 7.41. The van der Waals surface area contributed by atoms with Gasteiger partial charge in [-0.15, -0.1) is 0 Å². The summed E-state index contributed by atoms with van der Waals surface area (Å²) in [6.07, 6.45) is 3.36. The van der Waals surface area contributed by atoms with Crippen LogP contribution in [-0.4, -0.2) is 47.1 Å². The third-order valence-corrected chi connectivity index (χ3v) is 5.05. The van der Waals surface area contributed by atoms with E-state index in [0.29, 0.717) is 17.7 Å². The molecule has 0 spiro atoms. The molecule has 2 aliphatic heterocycles. The zero-order chi connectivity index (χ0) is 13.7. The average molecular weight is 273 g/mol. The van der Waals surface area contributed by atoms with Gasteiger partial charge in [0.15, 0.2) is 0 Å². The monoisotopic (exact) mass is 273 g/mol. The van der Waals surface area contributed by atoms with E-state index in [1.807, 2.05) is 11.8 Å². The van der Waals surface area contributed by atoms with Gasteiger partial charge in [0, 0.05) is 36.8 Å². The van der Waals surface area contributed by atoms with E-state index in [4.69, 9.17) is 4.74 Å². The molecule has 3 heterocycles. The topological polar surface area (TPSA) is 55.3 Å². The van der Waals surface area contributed by atoms with Crippen molar-refractivity contribution >= 4 is 5.91 Å². The van der Waals surface area contributed by atoms with Crippen molar-refractivity contribution in [3.63, 3.8) is 0 Å². The van der Waals surface area contributed by atoms with Crippen LogP contribution in [0, 0.1) is 24.7 Å². The van der Waals surface area contributed by atoms with E-state index in [2.05, 4.69) is 9.97 Å². The highest BCUT2D eigenvalue weighted by Gasteiger charge is 2.58. The molecule has 1 saturated heterocycles. The maximum absolute atomic E-state index is 12.6. The minimum atomic E-state index is 0.233. The summed E-state index contributed by atoms with van der Waals surface area (Å²) in [5, 5.41) is 0. The summed E-state index contributed by atoms with van der Waals surface area (Å²) in [4.78, 5) is 23.3. The standard InChI is InChI=1S/C15H19N3O2/c1-9-10-2-4-18(5-3-13(10)17-8-16-9)15(19)14-11-6-20-7-12(11)14/h8,11-12,14H,2-7H2,1H3/t11-,12+,14?. The van der Waals surface area contributed by atoms with Crippen LogP contribution in [0.1, 0.15) is 17.0 Å². The first kappa shape index (κ1) is 12.3. The second-order valence-electron chi connectivity index (χ2n) is 6.10. The maximum Gasteiger partial charge on any atom is 0.226 e. The summed E-state index contributed by atoms with van der Waals surface area (Å²) < 4.78 is 5.38. The number of hydrogen-bond donors (Lipinski definition) is 0. The van der Waals surface area contributed by atoms with Crippen LogP contribution in [0.3, 0.4) is 0 Å². The molecular formula is C15H19N3O2. The summed E-state index contributed by atoms with van der Waals surface area (Å²) in [7, 11) is 0. The number of nitrogens with zero attached hydrogens (tertiary/aromatic N) is 3. The van der Waals surface area contributed by atoms with Gasteiger partial charge in [0.05, 0.1) is 13.2 Å². The van der Waals surface area contributed by atoms with E-state index < -0.39 is 0 Å². The van der Waals surface area contributed by atoms with Crippen LogP contribution in [0.25, 0.3) is 0 Å². The number of carbonyl (C=O) groups is 1. The van der Waals surface area contributed by atoms with Crippen molar-refractivity contribution in [1.29, 1.82) is 0 Å². The molecule has 3 aliphatic rings. The van der Waals surface area contributed by atoms with Crippen molar-refractivity contribution in [3.8, 4) is 0 Å². The van der Waals surface area contributed by atoms with E-state index in [1.54, 1.807) is 6.33 Å². The number of hydrogen-bond acceptors (Lipinski definition) is 4. The quantitative estimate of drug-likeness (QED) is 0.752. The van der Waals surface area contributed by atoms with Crippen molar-refractivity contribution in [2.24, 2.45) is 17.8 Å². The van der Waals surface area contributed by atoms with Gasteiger partial charge in [-0.05, 0) is 30.7 Å². The van der Waals surface area contributed by atoms with Crippen molar-refractivity contribution in [2.45, 2.75) is 19.8 Å². The van der Waals surface area contributed by atoms with Crippen LogP contribution in [0.5, 0.6) is 0 Å². The highest BCUT2D eigenvalue weighted by molar-refractivity contribution is 5.82. The highest BCUT2D eigenvalue weighted by Crippen LogP contribution is 2.51. The average Bonchev–Trinajstić information content (AvgIpc) is 3.03. The van der Waals surface area contributed by atoms with Crippen LogP contribution < -0.4 is 0 Å². The lowest BCUT2D eigenvalue weighted by Gasteiger charge is -2.21. The molecule has 0 aromatic carbocycles. The normalized spacial score (nSPS) is 31.4. The van der Waals surface area contributed by atoms with Gasteiger partial charge < -0.3 is 9.64 Å². The predicted octanol–water partition coefficient (Wildman–Crippen LogP) is 0.605. The number of fused-ring (bicyclic) bond motifs is 2. The molecule has 0 N–H and O–H groups in total. The Balaban J connectivity index is 1.48. The number of aromatic nitrogens is 2. The minimum absolute atomic E-state index is 0.233. The van der Waals surface area contributed by atoms with E-state index in [9.17, 15) is 4.79 Å². The Hall–Kier alpha value is -1.49. The molecule has 1 unspecified atom stereocenters. The third-order valence-electron chi connectivity index (χ3n) is 5.05. The molecule has 106 valence electrons. The molecule has 0 radical (unpaired) electrons. The zero-order valence-corrected chi connectivity index (χ0v) is 11.7. The Labute approximate surface area is 118 Å². The lowest BCUT2D eigenvalue weighted by Crippen LogP contribution is -2.36. The van der Waals surface area contributed by atoms with Crippen molar-refractivity contribution < 1.29 is 9.53 Å². The molecule has 4 rings (SSSR count). The largest absolute Gasteiger partial charge is 0.381 e. The zero-order valence-electron chi connectivity index (χ0n) is 11.7. The minimum Gasteiger partial charge on any atom is -0.381 e. The lowest BCUT2D eigenvalue weighted by atomic mass is 10.1. The van der Waals surface area contributed by atoms with Gasteiger partial charge in [-0.2, -0.15) is 0 Å². The van der Waals surface area contributed by atoms with Gasteiger partial charge >= 0.3 is 0 Å². The van der Waals surface area contributed by atoms with Crippen LogP contribution in [0.15, 0.2) is 6.33 Å². The predicted molar refractivity (Wildman–Crippen MR) is 72.0 cm³/mol. The molecule has 1 saturated carbocycles. The highest BCUT2D eigenvalue weighted by atomic mass is 16.5. The van der Waals surface area contributed by atoms with Gasteiger partial charge in [0.2, 0.25) is 5.91 Å². The molecule has 5 heteroatoms. The van der Waals surface area contributed by atoms with Crippen molar-refractivity contribution in [1.82, 2.24) is 14.9 Å². The van der Waals surface area contributed by atoms with Crippen molar-refractivity contribution in [3.05, 3.63) is 23.3 Å². The fraction of sp³-hybridized carbons (Fsp3) is 0.667. The summed E-state index contributed by atoms with van der Waals surface area (Å²) in [5.41, 5.74) is 3.41. The molecular weight excluding hydrogens is 254 g/mol. The van der Waals surface area contributed by atoms with Gasteiger partial charge in [0.25, 0.3) is 0 Å². The Bertz CT molecular complexity index is 550. The summed E-state index contributed by atoms with van der Waals surface area (Å²) in [5.74, 6) is 1.56. The Kier molecular flexibility index (Phi) is 2.77. The second-order valence-corrected chi connectivity index (χ2v) is 6.10. The third kappa shape index (κ3) is 1.84. The molecule has 3 atom stereocenters. The van der Waals surface area contributed by atoms with E-state index in [0.717, 1.165) is 50.5 Å². The Morgan fingerprint density at radius 2 is 2.00 bits per heavy atom. The fourth-order valence-corrected chi connectivity index (χ4v) is 3.73. The van der Waals surface area contributed by atoms with Gasteiger partial charge in [-0.3, -0.25) is 4.79 Å². The van der Waals surface area contributed by atoms with E-state index >= 15 is 0 Å². The van der Waals surface area contributed by atoms with Crippen LogP contribution in [0.2, 0.25) is 0 Å². The Morgan fingerprint density at radius 3 is 2.80 bits per heavy atom. The van der Waals surface area contributed by atoms with Crippen molar-refractivity contribution in [2.75, 3.05) is 26.3 Å². The summed E-state index contributed by atoms with van der Waals surface area (Å²) in [6.45, 7) is 5.18. The van der Waals surface area contributed by atoms with Gasteiger partial charge in [-0.25, -0.2) is 9.97 Å². The molecule has 5 nitrogen and oxygen atoms in total. The summed E-state index contributed by atoms with van der Waals surface area (Å²) in [6, 6.07) is 0. The number of carbonyl (C=O) groups excluding carboxylic acids is 1. The molecule has 2 fully saturated rings. The van der Waals surface area contributed by atoms with Crippen LogP contribution >= 0.6 is 0 Å².